The van der Waals surface area contributed by atoms with Gasteiger partial charge in [-0.15, -0.1) is 17.5 Å². The highest BCUT2D eigenvalue weighted by Crippen LogP contribution is 2.19. The Morgan fingerprint density at radius 1 is 1.00 bits per heavy atom. The number of ketones is 1. The Morgan fingerprint density at radius 3 is 2.54 bits per heavy atom. The molecule has 0 N–H and O–H groups in total. The lowest BCUT2D eigenvalue weighted by atomic mass is 10.1. The van der Waals surface area contributed by atoms with Gasteiger partial charge in [0.2, 0.25) is 5.78 Å². The molecule has 2 aromatic heterocycles. The summed E-state index contributed by atoms with van der Waals surface area (Å²) in [7, 11) is 0. The van der Waals surface area contributed by atoms with Crippen LogP contribution in [-0.4, -0.2) is 25.8 Å². The first-order valence-electron chi connectivity index (χ1n) is 8.68. The van der Waals surface area contributed by atoms with E-state index in [1.165, 1.54) is 11.6 Å². The van der Waals surface area contributed by atoms with Gasteiger partial charge in [-0.2, -0.15) is 0 Å². The molecule has 6 heteroatoms. The first-order chi connectivity index (χ1) is 13.1. The lowest BCUT2D eigenvalue weighted by Gasteiger charge is -2.03. The number of benzene rings is 2. The third-order valence-electron chi connectivity index (χ3n) is 4.52. The summed E-state index contributed by atoms with van der Waals surface area (Å²) in [6.07, 6.45) is 6.87. The van der Waals surface area contributed by atoms with Crippen LogP contribution < -0.4 is 0 Å². The number of aryl methyl sites for hydroxylation is 1. The van der Waals surface area contributed by atoms with Gasteiger partial charge in [0.25, 0.3) is 0 Å². The standard InChI is InChI=1S/C22H18N4O.ClH/c1-15-7-10-19(11-8-15)26-16(2)22(24-25-26)21(27)12-9-18-14-23-13-17-5-3-4-6-20(17)18;/h3-14H,1-2H3;1H/b12-9+;. The summed E-state index contributed by atoms with van der Waals surface area (Å²) in [5.41, 5.74) is 4.00. The second-order valence-electron chi connectivity index (χ2n) is 6.42. The van der Waals surface area contributed by atoms with Crippen LogP contribution in [0.4, 0.5) is 0 Å². The molecule has 0 spiro atoms. The SMILES string of the molecule is Cc1ccc(-n2nnc(C(=O)/C=C/c3cncc4ccccc34)c2C)cc1.Cl. The van der Waals surface area contributed by atoms with E-state index in [0.29, 0.717) is 11.4 Å². The summed E-state index contributed by atoms with van der Waals surface area (Å²) in [6.45, 7) is 3.88. The molecule has 2 aromatic carbocycles. The van der Waals surface area contributed by atoms with E-state index in [1.54, 1.807) is 17.0 Å². The van der Waals surface area contributed by atoms with Gasteiger partial charge in [0, 0.05) is 23.3 Å². The van der Waals surface area contributed by atoms with Crippen molar-refractivity contribution in [1.82, 2.24) is 20.0 Å². The first kappa shape index (κ1) is 19.5. The molecule has 0 bridgehead atoms. The highest BCUT2D eigenvalue weighted by atomic mass is 35.5. The molecule has 0 saturated carbocycles. The maximum atomic E-state index is 12.7. The lowest BCUT2D eigenvalue weighted by molar-refractivity contribution is 0.104. The van der Waals surface area contributed by atoms with E-state index in [2.05, 4.69) is 15.3 Å². The summed E-state index contributed by atoms with van der Waals surface area (Å²) in [5, 5.41) is 10.3. The molecule has 0 unspecified atom stereocenters. The largest absolute Gasteiger partial charge is 0.287 e. The molecule has 0 atom stereocenters. The number of allylic oxidation sites excluding steroid dienone is 1. The third kappa shape index (κ3) is 3.70. The zero-order valence-corrected chi connectivity index (χ0v) is 16.4. The van der Waals surface area contributed by atoms with Crippen molar-refractivity contribution in [2.75, 3.05) is 0 Å². The van der Waals surface area contributed by atoms with E-state index < -0.39 is 0 Å². The Kier molecular flexibility index (Phi) is 5.66. The fourth-order valence-corrected chi connectivity index (χ4v) is 3.01. The Hall–Kier alpha value is -3.31. The number of hydrogen-bond donors (Lipinski definition) is 0. The van der Waals surface area contributed by atoms with E-state index in [-0.39, 0.29) is 18.2 Å². The number of aromatic nitrogens is 4. The molecule has 0 aliphatic heterocycles. The fraction of sp³-hybridized carbons (Fsp3) is 0.0909. The van der Waals surface area contributed by atoms with E-state index in [1.807, 2.05) is 68.6 Å². The predicted molar refractivity (Wildman–Crippen MR) is 113 cm³/mol. The van der Waals surface area contributed by atoms with Crippen LogP contribution in [0.15, 0.2) is 67.0 Å². The monoisotopic (exact) mass is 390 g/mol. The first-order valence-corrected chi connectivity index (χ1v) is 8.68. The molecule has 0 aliphatic carbocycles. The van der Waals surface area contributed by atoms with Crippen molar-refractivity contribution >= 4 is 35.0 Å². The Morgan fingerprint density at radius 2 is 1.75 bits per heavy atom. The van der Waals surface area contributed by atoms with Gasteiger partial charge in [-0.1, -0.05) is 47.2 Å². The molecule has 4 aromatic rings. The van der Waals surface area contributed by atoms with Crippen molar-refractivity contribution in [3.8, 4) is 5.69 Å². The van der Waals surface area contributed by atoms with Gasteiger partial charge in [-0.05, 0) is 43.5 Å². The minimum absolute atomic E-state index is 0. The fourth-order valence-electron chi connectivity index (χ4n) is 3.01. The number of rotatable bonds is 4. The van der Waals surface area contributed by atoms with Crippen molar-refractivity contribution in [2.45, 2.75) is 13.8 Å². The van der Waals surface area contributed by atoms with Gasteiger partial charge in [0.1, 0.15) is 0 Å². The highest BCUT2D eigenvalue weighted by Gasteiger charge is 2.15. The number of nitrogens with zero attached hydrogens (tertiary/aromatic N) is 4. The third-order valence-corrected chi connectivity index (χ3v) is 4.52. The number of pyridine rings is 1. The molecule has 5 nitrogen and oxygen atoms in total. The second-order valence-corrected chi connectivity index (χ2v) is 6.42. The average molecular weight is 391 g/mol. The van der Waals surface area contributed by atoms with E-state index >= 15 is 0 Å². The quantitative estimate of drug-likeness (QED) is 0.372. The van der Waals surface area contributed by atoms with Crippen molar-refractivity contribution in [2.24, 2.45) is 0 Å². The van der Waals surface area contributed by atoms with Gasteiger partial charge in [-0.3, -0.25) is 9.78 Å². The molecule has 0 radical (unpaired) electrons. The number of fused-ring (bicyclic) bond motifs is 1. The zero-order chi connectivity index (χ0) is 18.8. The summed E-state index contributed by atoms with van der Waals surface area (Å²) in [4.78, 5) is 16.9. The smallest absolute Gasteiger partial charge is 0.208 e. The van der Waals surface area contributed by atoms with E-state index in [4.69, 9.17) is 0 Å². The summed E-state index contributed by atoms with van der Waals surface area (Å²) < 4.78 is 1.68. The summed E-state index contributed by atoms with van der Waals surface area (Å²) in [6, 6.07) is 15.9. The van der Waals surface area contributed by atoms with Crippen molar-refractivity contribution in [1.29, 1.82) is 0 Å². The second kappa shape index (κ2) is 8.15. The van der Waals surface area contributed by atoms with Crippen LogP contribution in [0.3, 0.4) is 0 Å². The minimum atomic E-state index is -0.182. The number of halogens is 1. The van der Waals surface area contributed by atoms with Gasteiger partial charge in [0.05, 0.1) is 11.4 Å². The van der Waals surface area contributed by atoms with Crippen LogP contribution in [0, 0.1) is 13.8 Å². The molecule has 4 rings (SSSR count). The maximum absolute atomic E-state index is 12.7. The predicted octanol–water partition coefficient (Wildman–Crippen LogP) is 4.75. The van der Waals surface area contributed by atoms with Crippen molar-refractivity contribution in [3.63, 3.8) is 0 Å². The van der Waals surface area contributed by atoms with Crippen molar-refractivity contribution < 1.29 is 4.79 Å². The van der Waals surface area contributed by atoms with Gasteiger partial charge < -0.3 is 0 Å². The Labute approximate surface area is 169 Å². The van der Waals surface area contributed by atoms with E-state index in [0.717, 1.165) is 22.0 Å². The molecular formula is C22H19ClN4O. The van der Waals surface area contributed by atoms with Crippen LogP contribution in [0.25, 0.3) is 22.5 Å². The van der Waals surface area contributed by atoms with Crippen molar-refractivity contribution in [3.05, 3.63) is 89.5 Å². The summed E-state index contributed by atoms with van der Waals surface area (Å²) >= 11 is 0. The number of carbonyl (C=O) groups is 1. The molecule has 0 amide bonds. The molecule has 140 valence electrons. The molecule has 0 saturated heterocycles. The summed E-state index contributed by atoms with van der Waals surface area (Å²) in [5.74, 6) is -0.182. The number of carbonyl (C=O) groups excluding carboxylic acids is 1. The minimum Gasteiger partial charge on any atom is -0.287 e. The molecule has 0 fully saturated rings. The average Bonchev–Trinajstić information content (AvgIpc) is 3.08. The van der Waals surface area contributed by atoms with E-state index in [9.17, 15) is 4.79 Å². The maximum Gasteiger partial charge on any atom is 0.208 e. The topological polar surface area (TPSA) is 60.7 Å². The van der Waals surface area contributed by atoms with Crippen LogP contribution in [0.1, 0.15) is 27.3 Å². The van der Waals surface area contributed by atoms with Gasteiger partial charge in [0.15, 0.2) is 5.69 Å². The lowest BCUT2D eigenvalue weighted by Crippen LogP contribution is -2.02. The number of hydrogen-bond acceptors (Lipinski definition) is 4. The van der Waals surface area contributed by atoms with Gasteiger partial charge in [-0.25, -0.2) is 4.68 Å². The van der Waals surface area contributed by atoms with Crippen LogP contribution >= 0.6 is 12.4 Å². The molecule has 28 heavy (non-hydrogen) atoms. The normalized spacial score (nSPS) is 10.9. The Bertz CT molecular complexity index is 1160. The highest BCUT2D eigenvalue weighted by molar-refractivity contribution is 6.07. The van der Waals surface area contributed by atoms with Gasteiger partial charge >= 0.3 is 0 Å². The van der Waals surface area contributed by atoms with Crippen LogP contribution in [-0.2, 0) is 0 Å². The zero-order valence-electron chi connectivity index (χ0n) is 15.5. The van der Waals surface area contributed by atoms with Crippen LogP contribution in [0.5, 0.6) is 0 Å². The molecule has 2 heterocycles. The van der Waals surface area contributed by atoms with Crippen LogP contribution in [0.2, 0.25) is 0 Å². The molecule has 0 aliphatic rings. The Balaban J connectivity index is 0.00000225. The molecular weight excluding hydrogens is 372 g/mol.